The minimum absolute atomic E-state index is 0.0237. The summed E-state index contributed by atoms with van der Waals surface area (Å²) in [6, 6.07) is 3.05. The highest BCUT2D eigenvalue weighted by molar-refractivity contribution is 5.88. The minimum Gasteiger partial charge on any atom is -0.478 e. The van der Waals surface area contributed by atoms with Crippen LogP contribution in [0.25, 0.3) is 0 Å². The molecule has 0 spiro atoms. The van der Waals surface area contributed by atoms with Gasteiger partial charge in [0.25, 0.3) is 0 Å². The molecule has 0 saturated carbocycles. The number of carbonyl (C=O) groups is 1. The molecule has 20 heavy (non-hydrogen) atoms. The van der Waals surface area contributed by atoms with Crippen molar-refractivity contribution in [3.8, 4) is 0 Å². The fraction of sp³-hybridized carbons (Fsp3) is 0.462. The predicted molar refractivity (Wildman–Crippen MR) is 70.2 cm³/mol. The van der Waals surface area contributed by atoms with Gasteiger partial charge in [0.1, 0.15) is 0 Å². The van der Waals surface area contributed by atoms with Gasteiger partial charge in [-0.1, -0.05) is 0 Å². The van der Waals surface area contributed by atoms with Crippen molar-refractivity contribution < 1.29 is 23.1 Å². The Balaban J connectivity index is 3.15. The standard InChI is InChI=1S/C13H17F3N2O2/c1-17(2)6-7-18(3)11-5-4-9(12(19)20)8-10(11)13(14,15)16/h4-5,8H,6-7H2,1-3H3,(H,19,20). The fourth-order valence-corrected chi connectivity index (χ4v) is 1.70. The molecule has 0 saturated heterocycles. The number of aromatic carboxylic acids is 1. The zero-order valence-corrected chi connectivity index (χ0v) is 11.5. The number of anilines is 1. The van der Waals surface area contributed by atoms with Crippen LogP contribution in [0.3, 0.4) is 0 Å². The molecule has 0 radical (unpaired) electrons. The van der Waals surface area contributed by atoms with Crippen LogP contribution in [0.5, 0.6) is 0 Å². The lowest BCUT2D eigenvalue weighted by molar-refractivity contribution is -0.137. The average Bonchev–Trinajstić information content (AvgIpc) is 2.34. The highest BCUT2D eigenvalue weighted by atomic mass is 19.4. The number of likely N-dealkylation sites (N-methyl/N-ethyl adjacent to an activating group) is 2. The van der Waals surface area contributed by atoms with Crippen LogP contribution in [-0.2, 0) is 6.18 Å². The molecule has 0 aromatic heterocycles. The third-order valence-electron chi connectivity index (χ3n) is 2.84. The van der Waals surface area contributed by atoms with Crippen LogP contribution in [0.15, 0.2) is 18.2 Å². The predicted octanol–water partition coefficient (Wildman–Crippen LogP) is 2.40. The Labute approximate surface area is 115 Å². The zero-order chi connectivity index (χ0) is 15.5. The Bertz CT molecular complexity index is 487. The molecule has 1 aromatic rings. The molecule has 0 aliphatic heterocycles. The first kappa shape index (κ1) is 16.3. The lowest BCUT2D eigenvalue weighted by Crippen LogP contribution is -2.30. The maximum Gasteiger partial charge on any atom is 0.418 e. The van der Waals surface area contributed by atoms with E-state index in [1.54, 1.807) is 7.05 Å². The van der Waals surface area contributed by atoms with Crippen LogP contribution < -0.4 is 4.90 Å². The van der Waals surface area contributed by atoms with Crippen LogP contribution >= 0.6 is 0 Å². The fourth-order valence-electron chi connectivity index (χ4n) is 1.70. The summed E-state index contributed by atoms with van der Waals surface area (Å²) in [5.74, 6) is -1.38. The van der Waals surface area contributed by atoms with Gasteiger partial charge in [0, 0.05) is 25.8 Å². The molecule has 1 aromatic carbocycles. The topological polar surface area (TPSA) is 43.8 Å². The quantitative estimate of drug-likeness (QED) is 0.904. The van der Waals surface area contributed by atoms with Crippen LogP contribution in [0.1, 0.15) is 15.9 Å². The Morgan fingerprint density at radius 2 is 1.80 bits per heavy atom. The van der Waals surface area contributed by atoms with Crippen molar-refractivity contribution >= 4 is 11.7 Å². The molecule has 4 nitrogen and oxygen atoms in total. The number of benzene rings is 1. The molecule has 7 heteroatoms. The van der Waals surface area contributed by atoms with Crippen LogP contribution in [0.4, 0.5) is 18.9 Å². The van der Waals surface area contributed by atoms with Gasteiger partial charge >= 0.3 is 12.1 Å². The molecule has 0 atom stereocenters. The van der Waals surface area contributed by atoms with E-state index < -0.39 is 17.7 Å². The number of hydrogen-bond donors (Lipinski definition) is 1. The van der Waals surface area contributed by atoms with Gasteiger partial charge in [-0.05, 0) is 32.3 Å². The van der Waals surface area contributed by atoms with E-state index >= 15 is 0 Å². The Kier molecular flexibility index (Phi) is 4.99. The number of hydrogen-bond acceptors (Lipinski definition) is 3. The SMILES string of the molecule is CN(C)CCN(C)c1ccc(C(=O)O)cc1C(F)(F)F. The Hall–Kier alpha value is -1.76. The number of carboxylic acids is 1. The lowest BCUT2D eigenvalue weighted by atomic mass is 10.1. The molecule has 0 fully saturated rings. The summed E-state index contributed by atoms with van der Waals surface area (Å²) in [4.78, 5) is 14.1. The summed E-state index contributed by atoms with van der Waals surface area (Å²) in [5.41, 5.74) is -1.33. The number of alkyl halides is 3. The molecule has 0 aliphatic rings. The van der Waals surface area contributed by atoms with E-state index in [0.717, 1.165) is 0 Å². The molecule has 0 aliphatic carbocycles. The first-order chi connectivity index (χ1) is 9.12. The van der Waals surface area contributed by atoms with E-state index in [1.807, 2.05) is 19.0 Å². The molecular weight excluding hydrogens is 273 g/mol. The van der Waals surface area contributed by atoms with Gasteiger partial charge in [0.15, 0.2) is 0 Å². The van der Waals surface area contributed by atoms with Crippen molar-refractivity contribution in [2.45, 2.75) is 6.18 Å². The van der Waals surface area contributed by atoms with Crippen molar-refractivity contribution in [1.29, 1.82) is 0 Å². The second-order valence-electron chi connectivity index (χ2n) is 4.76. The van der Waals surface area contributed by atoms with Gasteiger partial charge in [-0.15, -0.1) is 0 Å². The maximum absolute atomic E-state index is 13.0. The van der Waals surface area contributed by atoms with Crippen molar-refractivity contribution in [3.05, 3.63) is 29.3 Å². The highest BCUT2D eigenvalue weighted by Gasteiger charge is 2.35. The van der Waals surface area contributed by atoms with E-state index in [2.05, 4.69) is 0 Å². The van der Waals surface area contributed by atoms with Crippen LogP contribution in [0.2, 0.25) is 0 Å². The first-order valence-electron chi connectivity index (χ1n) is 5.93. The van der Waals surface area contributed by atoms with Crippen molar-refractivity contribution in [2.75, 3.05) is 39.1 Å². The Morgan fingerprint density at radius 1 is 1.20 bits per heavy atom. The van der Waals surface area contributed by atoms with Gasteiger partial charge in [-0.3, -0.25) is 0 Å². The van der Waals surface area contributed by atoms with Gasteiger partial charge in [-0.2, -0.15) is 13.2 Å². The molecule has 1 N–H and O–H groups in total. The molecule has 0 amide bonds. The third kappa shape index (κ3) is 4.12. The van der Waals surface area contributed by atoms with Crippen molar-refractivity contribution in [2.24, 2.45) is 0 Å². The summed E-state index contributed by atoms with van der Waals surface area (Å²) in [7, 11) is 5.20. The van der Waals surface area contributed by atoms with Gasteiger partial charge in [0.05, 0.1) is 11.1 Å². The molecule has 0 unspecified atom stereocenters. The zero-order valence-electron chi connectivity index (χ0n) is 11.5. The van der Waals surface area contributed by atoms with Gasteiger partial charge in [-0.25, -0.2) is 4.79 Å². The second-order valence-corrected chi connectivity index (χ2v) is 4.76. The van der Waals surface area contributed by atoms with E-state index in [-0.39, 0.29) is 11.3 Å². The largest absolute Gasteiger partial charge is 0.478 e. The monoisotopic (exact) mass is 290 g/mol. The number of rotatable bonds is 5. The average molecular weight is 290 g/mol. The van der Waals surface area contributed by atoms with Crippen molar-refractivity contribution in [3.63, 3.8) is 0 Å². The second kappa shape index (κ2) is 6.13. The van der Waals surface area contributed by atoms with E-state index in [0.29, 0.717) is 19.2 Å². The normalized spacial score (nSPS) is 11.8. The molecule has 0 bridgehead atoms. The molecular formula is C13H17F3N2O2. The van der Waals surface area contributed by atoms with Crippen molar-refractivity contribution in [1.82, 2.24) is 4.90 Å². The van der Waals surface area contributed by atoms with Gasteiger partial charge in [0.2, 0.25) is 0 Å². The Morgan fingerprint density at radius 3 is 2.25 bits per heavy atom. The summed E-state index contributed by atoms with van der Waals surface area (Å²) in [6.45, 7) is 0.997. The summed E-state index contributed by atoms with van der Waals surface area (Å²) in [6.07, 6.45) is -4.59. The van der Waals surface area contributed by atoms with E-state index in [1.165, 1.54) is 17.0 Å². The first-order valence-corrected chi connectivity index (χ1v) is 5.93. The number of nitrogens with zero attached hydrogens (tertiary/aromatic N) is 2. The maximum atomic E-state index is 13.0. The van der Waals surface area contributed by atoms with E-state index in [9.17, 15) is 18.0 Å². The minimum atomic E-state index is -4.59. The third-order valence-corrected chi connectivity index (χ3v) is 2.84. The summed E-state index contributed by atoms with van der Waals surface area (Å²) >= 11 is 0. The number of halogens is 3. The number of carboxylic acid groups (broad SMARTS) is 1. The van der Waals surface area contributed by atoms with Crippen LogP contribution in [-0.4, -0.2) is 50.2 Å². The summed E-state index contributed by atoms with van der Waals surface area (Å²) in [5, 5.41) is 8.79. The van der Waals surface area contributed by atoms with E-state index in [4.69, 9.17) is 5.11 Å². The molecule has 0 heterocycles. The summed E-state index contributed by atoms with van der Waals surface area (Å²) < 4.78 is 39.1. The van der Waals surface area contributed by atoms with Crippen LogP contribution in [0, 0.1) is 0 Å². The lowest BCUT2D eigenvalue weighted by Gasteiger charge is -2.25. The van der Waals surface area contributed by atoms with Gasteiger partial charge < -0.3 is 14.9 Å². The smallest absolute Gasteiger partial charge is 0.418 e. The molecule has 1 rings (SSSR count). The highest BCUT2D eigenvalue weighted by Crippen LogP contribution is 2.36. The molecule has 112 valence electrons.